The van der Waals surface area contributed by atoms with Crippen LogP contribution in [0.4, 0.5) is 0 Å². The molecule has 32 heavy (non-hydrogen) atoms. The fourth-order valence-corrected chi connectivity index (χ4v) is 7.96. The molecule has 1 heterocycles. The molecule has 1 aromatic rings. The van der Waals surface area contributed by atoms with Crippen molar-refractivity contribution in [3.05, 3.63) is 33.8 Å². The van der Waals surface area contributed by atoms with Crippen LogP contribution in [0, 0.1) is 23.2 Å². The molecular formula is C26H38BrN3O2. The van der Waals surface area contributed by atoms with Crippen molar-refractivity contribution < 1.29 is 9.90 Å². The van der Waals surface area contributed by atoms with Crippen LogP contribution < -0.4 is 10.6 Å². The number of aliphatic hydroxyl groups excluding tert-OH is 1. The van der Waals surface area contributed by atoms with Crippen LogP contribution in [0.2, 0.25) is 0 Å². The summed E-state index contributed by atoms with van der Waals surface area (Å²) in [5.74, 6) is 2.81. The van der Waals surface area contributed by atoms with Crippen molar-refractivity contribution in [3.8, 4) is 0 Å². The third kappa shape index (κ3) is 5.08. The zero-order valence-electron chi connectivity index (χ0n) is 19.1. The van der Waals surface area contributed by atoms with Crippen molar-refractivity contribution in [3.63, 3.8) is 0 Å². The van der Waals surface area contributed by atoms with Crippen LogP contribution in [0.1, 0.15) is 67.3 Å². The monoisotopic (exact) mass is 503 g/mol. The molecule has 4 aliphatic carbocycles. The van der Waals surface area contributed by atoms with Gasteiger partial charge in [0.25, 0.3) is 5.91 Å². The molecule has 0 atom stereocenters. The van der Waals surface area contributed by atoms with E-state index in [9.17, 15) is 4.79 Å². The van der Waals surface area contributed by atoms with E-state index in [-0.39, 0.29) is 12.5 Å². The number of amides is 1. The summed E-state index contributed by atoms with van der Waals surface area (Å²) in [6, 6.07) is 6.75. The highest BCUT2D eigenvalue weighted by atomic mass is 79.9. The second-order valence-electron chi connectivity index (χ2n) is 11.1. The Balaban J connectivity index is 1.17. The van der Waals surface area contributed by atoms with Gasteiger partial charge in [0.15, 0.2) is 0 Å². The summed E-state index contributed by atoms with van der Waals surface area (Å²) in [5, 5.41) is 15.8. The normalized spacial score (nSPS) is 32.4. The van der Waals surface area contributed by atoms with Gasteiger partial charge >= 0.3 is 0 Å². The van der Waals surface area contributed by atoms with E-state index in [0.717, 1.165) is 66.8 Å². The SMILES string of the molecule is O=C(NCC12CC3CC(CC(C3)C1)C2)c1cc(CN2CCC(NCCO)CC2)ccc1Br. The highest BCUT2D eigenvalue weighted by Crippen LogP contribution is 2.59. The number of nitrogens with one attached hydrogen (secondary N) is 2. The van der Waals surface area contributed by atoms with Gasteiger partial charge < -0.3 is 15.7 Å². The lowest BCUT2D eigenvalue weighted by atomic mass is 9.49. The zero-order chi connectivity index (χ0) is 22.1. The van der Waals surface area contributed by atoms with Crippen LogP contribution in [0.3, 0.4) is 0 Å². The molecule has 176 valence electrons. The molecule has 0 unspecified atom stereocenters. The third-order valence-corrected chi connectivity index (χ3v) is 9.29. The fraction of sp³-hybridized carbons (Fsp3) is 0.731. The Bertz CT molecular complexity index is 786. The molecule has 0 radical (unpaired) electrons. The van der Waals surface area contributed by atoms with Crippen molar-refractivity contribution in [1.82, 2.24) is 15.5 Å². The van der Waals surface area contributed by atoms with Gasteiger partial charge in [0.05, 0.1) is 12.2 Å². The predicted octanol–water partition coefficient (Wildman–Crippen LogP) is 3.94. The second kappa shape index (κ2) is 9.73. The molecule has 1 aliphatic heterocycles. The predicted molar refractivity (Wildman–Crippen MR) is 130 cm³/mol. The minimum Gasteiger partial charge on any atom is -0.395 e. The highest BCUT2D eigenvalue weighted by molar-refractivity contribution is 9.10. The highest BCUT2D eigenvalue weighted by Gasteiger charge is 2.50. The van der Waals surface area contributed by atoms with Crippen molar-refractivity contribution >= 4 is 21.8 Å². The molecule has 4 bridgehead atoms. The first-order valence-electron chi connectivity index (χ1n) is 12.7. The van der Waals surface area contributed by atoms with E-state index in [1.54, 1.807) is 0 Å². The van der Waals surface area contributed by atoms with Gasteiger partial charge in [-0.1, -0.05) is 6.07 Å². The molecule has 4 saturated carbocycles. The maximum Gasteiger partial charge on any atom is 0.252 e. The maximum absolute atomic E-state index is 13.2. The summed E-state index contributed by atoms with van der Waals surface area (Å²) in [7, 11) is 0. The van der Waals surface area contributed by atoms with Crippen molar-refractivity contribution in [2.75, 3.05) is 32.8 Å². The molecule has 0 spiro atoms. The molecule has 5 fully saturated rings. The molecule has 1 saturated heterocycles. The number of benzene rings is 1. The van der Waals surface area contributed by atoms with Crippen LogP contribution in [-0.4, -0.2) is 54.7 Å². The van der Waals surface area contributed by atoms with Gasteiger partial charge in [0, 0.05) is 30.1 Å². The van der Waals surface area contributed by atoms with E-state index in [4.69, 9.17) is 5.11 Å². The van der Waals surface area contributed by atoms with E-state index < -0.39 is 0 Å². The number of hydrogen-bond acceptors (Lipinski definition) is 4. The van der Waals surface area contributed by atoms with Crippen LogP contribution in [0.15, 0.2) is 22.7 Å². The third-order valence-electron chi connectivity index (χ3n) is 8.60. The van der Waals surface area contributed by atoms with Crippen LogP contribution >= 0.6 is 15.9 Å². The topological polar surface area (TPSA) is 64.6 Å². The van der Waals surface area contributed by atoms with E-state index in [1.165, 1.54) is 44.1 Å². The smallest absolute Gasteiger partial charge is 0.252 e. The molecule has 6 rings (SSSR count). The van der Waals surface area contributed by atoms with Gasteiger partial charge in [-0.2, -0.15) is 0 Å². The summed E-state index contributed by atoms with van der Waals surface area (Å²) in [6.07, 6.45) is 10.5. The Kier molecular flexibility index (Phi) is 6.94. The number of likely N-dealkylation sites (tertiary alicyclic amines) is 1. The largest absolute Gasteiger partial charge is 0.395 e. The van der Waals surface area contributed by atoms with Crippen LogP contribution in [0.5, 0.6) is 0 Å². The minimum absolute atomic E-state index is 0.0707. The second-order valence-corrected chi connectivity index (χ2v) is 12.0. The molecule has 5 aliphatic rings. The summed E-state index contributed by atoms with van der Waals surface area (Å²) in [6.45, 7) is 4.71. The van der Waals surface area contributed by atoms with Gasteiger partial charge in [0.1, 0.15) is 0 Å². The van der Waals surface area contributed by atoms with Crippen molar-refractivity contribution in [2.45, 2.75) is 64.0 Å². The fourth-order valence-electron chi connectivity index (χ4n) is 7.54. The van der Waals surface area contributed by atoms with E-state index in [0.29, 0.717) is 18.0 Å². The number of aliphatic hydroxyl groups is 1. The minimum atomic E-state index is 0.0707. The number of piperidine rings is 1. The Hall–Kier alpha value is -0.950. The average molecular weight is 505 g/mol. The number of halogens is 1. The van der Waals surface area contributed by atoms with E-state index in [1.807, 2.05) is 6.07 Å². The van der Waals surface area contributed by atoms with Gasteiger partial charge in [-0.3, -0.25) is 9.69 Å². The standard InChI is InChI=1S/C26H38BrN3O2/c27-24-2-1-18(16-30-6-3-22(4-7-30)28-5-8-31)12-23(24)25(32)29-17-26-13-19-9-20(14-26)11-21(10-19)15-26/h1-2,12,19-22,28,31H,3-11,13-17H2,(H,29,32). The number of carbonyl (C=O) groups is 1. The zero-order valence-corrected chi connectivity index (χ0v) is 20.7. The summed E-state index contributed by atoms with van der Waals surface area (Å²) in [5.41, 5.74) is 2.34. The van der Waals surface area contributed by atoms with Gasteiger partial charge in [0.2, 0.25) is 0 Å². The first-order valence-corrected chi connectivity index (χ1v) is 13.4. The van der Waals surface area contributed by atoms with E-state index in [2.05, 4.69) is 43.6 Å². The summed E-state index contributed by atoms with van der Waals surface area (Å²) >= 11 is 3.62. The molecule has 6 heteroatoms. The first kappa shape index (κ1) is 22.8. The van der Waals surface area contributed by atoms with Gasteiger partial charge in [-0.05, 0) is 121 Å². The Morgan fingerprint density at radius 1 is 1.09 bits per heavy atom. The molecule has 0 aromatic heterocycles. The maximum atomic E-state index is 13.2. The average Bonchev–Trinajstić information content (AvgIpc) is 2.77. The number of rotatable bonds is 8. The summed E-state index contributed by atoms with van der Waals surface area (Å²) in [4.78, 5) is 15.6. The molecule has 1 amide bonds. The van der Waals surface area contributed by atoms with E-state index >= 15 is 0 Å². The van der Waals surface area contributed by atoms with Crippen molar-refractivity contribution in [1.29, 1.82) is 0 Å². The lowest BCUT2D eigenvalue weighted by Gasteiger charge is -2.56. The van der Waals surface area contributed by atoms with Crippen molar-refractivity contribution in [2.24, 2.45) is 23.2 Å². The molecule has 3 N–H and O–H groups in total. The summed E-state index contributed by atoms with van der Waals surface area (Å²) < 4.78 is 0.885. The first-order chi connectivity index (χ1) is 15.5. The Labute approximate surface area is 200 Å². The number of nitrogens with zero attached hydrogens (tertiary/aromatic N) is 1. The lowest BCUT2D eigenvalue weighted by molar-refractivity contribution is -0.0503. The molecular weight excluding hydrogens is 466 g/mol. The van der Waals surface area contributed by atoms with Crippen LogP contribution in [-0.2, 0) is 6.54 Å². The lowest BCUT2D eigenvalue weighted by Crippen LogP contribution is -2.51. The quantitative estimate of drug-likeness (QED) is 0.502. The number of hydrogen-bond donors (Lipinski definition) is 3. The molecule has 5 nitrogen and oxygen atoms in total. The molecule has 1 aromatic carbocycles. The van der Waals surface area contributed by atoms with Gasteiger partial charge in [-0.25, -0.2) is 0 Å². The van der Waals surface area contributed by atoms with Crippen LogP contribution in [0.25, 0.3) is 0 Å². The van der Waals surface area contributed by atoms with Gasteiger partial charge in [-0.15, -0.1) is 0 Å². The number of carbonyl (C=O) groups excluding carboxylic acids is 1. The Morgan fingerprint density at radius 3 is 2.38 bits per heavy atom. The Morgan fingerprint density at radius 2 is 1.75 bits per heavy atom.